The number of methoxy groups -OCH3 is 2. The number of esters is 2. The van der Waals surface area contributed by atoms with Crippen LogP contribution in [0.1, 0.15) is 28.4 Å². The standard InChI is InChI=1S/C21H22O6/c1-4-6-15-9-10-18(19(12-15)24-2)26-14-20(22)27-13-16-7-5-8-17(11-16)21(23)25-3/h4-12H,13-14H2,1-3H3/b6-4+. The molecule has 0 saturated heterocycles. The highest BCUT2D eigenvalue weighted by Crippen LogP contribution is 2.28. The zero-order valence-corrected chi connectivity index (χ0v) is 15.6. The number of ether oxygens (including phenoxy) is 4. The Morgan fingerprint density at radius 2 is 1.85 bits per heavy atom. The Hall–Kier alpha value is -3.28. The minimum absolute atomic E-state index is 0.0321. The third kappa shape index (κ3) is 5.88. The summed E-state index contributed by atoms with van der Waals surface area (Å²) in [7, 11) is 2.85. The van der Waals surface area contributed by atoms with Crippen LogP contribution in [0.3, 0.4) is 0 Å². The van der Waals surface area contributed by atoms with E-state index in [-0.39, 0.29) is 13.2 Å². The summed E-state index contributed by atoms with van der Waals surface area (Å²) in [5.41, 5.74) is 2.04. The molecule has 0 saturated carbocycles. The van der Waals surface area contributed by atoms with Gasteiger partial charge in [0.2, 0.25) is 0 Å². The molecule has 0 bridgehead atoms. The molecule has 0 aliphatic heterocycles. The van der Waals surface area contributed by atoms with Crippen LogP contribution in [-0.2, 0) is 20.9 Å². The normalized spacial score (nSPS) is 10.5. The zero-order chi connectivity index (χ0) is 19.6. The number of benzene rings is 2. The molecule has 0 spiro atoms. The number of carbonyl (C=O) groups is 2. The summed E-state index contributed by atoms with van der Waals surface area (Å²) in [6, 6.07) is 12.1. The van der Waals surface area contributed by atoms with E-state index >= 15 is 0 Å². The molecule has 0 aliphatic carbocycles. The van der Waals surface area contributed by atoms with E-state index in [2.05, 4.69) is 4.74 Å². The van der Waals surface area contributed by atoms with Crippen molar-refractivity contribution >= 4 is 18.0 Å². The topological polar surface area (TPSA) is 71.1 Å². The van der Waals surface area contributed by atoms with Gasteiger partial charge in [-0.15, -0.1) is 0 Å². The molecule has 0 aromatic heterocycles. The summed E-state index contributed by atoms with van der Waals surface area (Å²) in [6.07, 6.45) is 3.85. The first-order valence-electron chi connectivity index (χ1n) is 8.33. The van der Waals surface area contributed by atoms with Gasteiger partial charge in [0.15, 0.2) is 18.1 Å². The van der Waals surface area contributed by atoms with E-state index in [0.717, 1.165) is 5.56 Å². The molecule has 2 aromatic rings. The third-order valence-electron chi connectivity index (χ3n) is 3.64. The lowest BCUT2D eigenvalue weighted by Gasteiger charge is -2.11. The van der Waals surface area contributed by atoms with Gasteiger partial charge in [0, 0.05) is 0 Å². The van der Waals surface area contributed by atoms with Gasteiger partial charge in [-0.2, -0.15) is 0 Å². The number of carbonyl (C=O) groups excluding carboxylic acids is 2. The van der Waals surface area contributed by atoms with Crippen LogP contribution in [0.2, 0.25) is 0 Å². The Morgan fingerprint density at radius 3 is 2.56 bits per heavy atom. The quantitative estimate of drug-likeness (QED) is 0.661. The third-order valence-corrected chi connectivity index (χ3v) is 3.64. The first kappa shape index (κ1) is 20.0. The molecule has 0 atom stereocenters. The highest BCUT2D eigenvalue weighted by molar-refractivity contribution is 5.89. The van der Waals surface area contributed by atoms with Crippen molar-refractivity contribution in [2.24, 2.45) is 0 Å². The Bertz CT molecular complexity index is 825. The van der Waals surface area contributed by atoms with Crippen LogP contribution in [0, 0.1) is 0 Å². The van der Waals surface area contributed by atoms with Crippen LogP contribution >= 0.6 is 0 Å². The summed E-state index contributed by atoms with van der Waals surface area (Å²) in [4.78, 5) is 23.5. The molecule has 6 heteroatoms. The predicted octanol–water partition coefficient (Wildman–Crippen LogP) is 3.64. The fraction of sp³-hybridized carbons (Fsp3) is 0.238. The van der Waals surface area contributed by atoms with Gasteiger partial charge >= 0.3 is 11.9 Å². The van der Waals surface area contributed by atoms with Crippen LogP contribution in [0.15, 0.2) is 48.5 Å². The number of rotatable bonds is 8. The van der Waals surface area contributed by atoms with E-state index in [1.807, 2.05) is 31.2 Å². The molecule has 27 heavy (non-hydrogen) atoms. The highest BCUT2D eigenvalue weighted by Gasteiger charge is 2.10. The van der Waals surface area contributed by atoms with Crippen molar-refractivity contribution in [2.45, 2.75) is 13.5 Å². The number of hydrogen-bond acceptors (Lipinski definition) is 6. The molecule has 142 valence electrons. The van der Waals surface area contributed by atoms with Crippen molar-refractivity contribution in [1.82, 2.24) is 0 Å². The Morgan fingerprint density at radius 1 is 1.04 bits per heavy atom. The fourth-order valence-electron chi connectivity index (χ4n) is 2.35. The molecule has 0 unspecified atom stereocenters. The van der Waals surface area contributed by atoms with Crippen molar-refractivity contribution in [1.29, 1.82) is 0 Å². The van der Waals surface area contributed by atoms with Gasteiger partial charge < -0.3 is 18.9 Å². The Kier molecular flexibility index (Phi) is 7.43. The SMILES string of the molecule is C/C=C/c1ccc(OCC(=O)OCc2cccc(C(=O)OC)c2)c(OC)c1. The van der Waals surface area contributed by atoms with Crippen LogP contribution in [0.25, 0.3) is 6.08 Å². The summed E-state index contributed by atoms with van der Waals surface area (Å²) >= 11 is 0. The van der Waals surface area contributed by atoms with E-state index in [1.54, 1.807) is 30.3 Å². The molecular weight excluding hydrogens is 348 g/mol. The van der Waals surface area contributed by atoms with Crippen LogP contribution in [0.4, 0.5) is 0 Å². The summed E-state index contributed by atoms with van der Waals surface area (Å²) < 4.78 is 20.6. The van der Waals surface area contributed by atoms with Gasteiger partial charge in [-0.3, -0.25) is 0 Å². The maximum absolute atomic E-state index is 11.9. The smallest absolute Gasteiger partial charge is 0.344 e. The van der Waals surface area contributed by atoms with E-state index in [1.165, 1.54) is 14.2 Å². The lowest BCUT2D eigenvalue weighted by molar-refractivity contribution is -0.147. The lowest BCUT2D eigenvalue weighted by Crippen LogP contribution is -2.15. The molecular formula is C21H22O6. The average molecular weight is 370 g/mol. The van der Waals surface area contributed by atoms with Crippen LogP contribution < -0.4 is 9.47 Å². The van der Waals surface area contributed by atoms with E-state index in [0.29, 0.717) is 22.6 Å². The van der Waals surface area contributed by atoms with Crippen molar-refractivity contribution in [2.75, 3.05) is 20.8 Å². The van der Waals surface area contributed by atoms with Crippen LogP contribution in [-0.4, -0.2) is 32.8 Å². The predicted molar refractivity (Wildman–Crippen MR) is 101 cm³/mol. The summed E-state index contributed by atoms with van der Waals surface area (Å²) in [5, 5.41) is 0. The van der Waals surface area contributed by atoms with Gasteiger partial charge in [-0.1, -0.05) is 30.4 Å². The van der Waals surface area contributed by atoms with Gasteiger partial charge in [0.1, 0.15) is 6.61 Å². The largest absolute Gasteiger partial charge is 0.493 e. The van der Waals surface area contributed by atoms with Gasteiger partial charge in [-0.05, 0) is 42.3 Å². The van der Waals surface area contributed by atoms with Crippen molar-refractivity contribution in [3.63, 3.8) is 0 Å². The fourth-order valence-corrected chi connectivity index (χ4v) is 2.35. The summed E-state index contributed by atoms with van der Waals surface area (Å²) in [6.45, 7) is 1.70. The lowest BCUT2D eigenvalue weighted by atomic mass is 10.1. The van der Waals surface area contributed by atoms with E-state index in [4.69, 9.17) is 14.2 Å². The number of hydrogen-bond donors (Lipinski definition) is 0. The minimum Gasteiger partial charge on any atom is -0.493 e. The molecule has 0 aliphatic rings. The molecule has 2 aromatic carbocycles. The van der Waals surface area contributed by atoms with E-state index in [9.17, 15) is 9.59 Å². The number of allylic oxidation sites excluding steroid dienone is 1. The average Bonchev–Trinajstić information content (AvgIpc) is 2.70. The maximum atomic E-state index is 11.9. The van der Waals surface area contributed by atoms with Gasteiger partial charge in [0.25, 0.3) is 0 Å². The first-order valence-corrected chi connectivity index (χ1v) is 8.33. The Balaban J connectivity index is 1.90. The van der Waals surface area contributed by atoms with E-state index < -0.39 is 11.9 Å². The van der Waals surface area contributed by atoms with Crippen LogP contribution in [0.5, 0.6) is 11.5 Å². The molecule has 0 heterocycles. The highest BCUT2D eigenvalue weighted by atomic mass is 16.6. The molecule has 0 amide bonds. The van der Waals surface area contributed by atoms with Gasteiger partial charge in [0.05, 0.1) is 19.8 Å². The Labute approximate surface area is 158 Å². The monoisotopic (exact) mass is 370 g/mol. The first-order chi connectivity index (χ1) is 13.1. The summed E-state index contributed by atoms with van der Waals surface area (Å²) in [5.74, 6) is 0.0117. The maximum Gasteiger partial charge on any atom is 0.344 e. The molecule has 0 N–H and O–H groups in total. The second kappa shape index (κ2) is 10.0. The zero-order valence-electron chi connectivity index (χ0n) is 15.6. The van der Waals surface area contributed by atoms with Gasteiger partial charge in [-0.25, -0.2) is 9.59 Å². The van der Waals surface area contributed by atoms with Crippen molar-refractivity contribution < 1.29 is 28.5 Å². The van der Waals surface area contributed by atoms with Crippen molar-refractivity contribution in [3.05, 3.63) is 65.2 Å². The van der Waals surface area contributed by atoms with Crippen molar-refractivity contribution in [3.8, 4) is 11.5 Å². The minimum atomic E-state index is -0.530. The molecule has 0 fully saturated rings. The second-order valence-corrected chi connectivity index (χ2v) is 5.55. The molecule has 0 radical (unpaired) electrons. The molecule has 2 rings (SSSR count). The molecule has 6 nitrogen and oxygen atoms in total. The second-order valence-electron chi connectivity index (χ2n) is 5.55.